The summed E-state index contributed by atoms with van der Waals surface area (Å²) >= 11 is 0. The summed E-state index contributed by atoms with van der Waals surface area (Å²) in [6.45, 7) is 15.4. The van der Waals surface area contributed by atoms with Gasteiger partial charge in [0.05, 0.1) is 0 Å². The Kier molecular flexibility index (Phi) is 132. The highest BCUT2D eigenvalue weighted by Gasteiger charge is 1.97. The topological polar surface area (TPSA) is 162 Å². The molecule has 0 aromatic heterocycles. The van der Waals surface area contributed by atoms with Crippen LogP contribution in [0.1, 0.15) is 222 Å². The minimum atomic E-state index is 0.250. The summed E-state index contributed by atoms with van der Waals surface area (Å²) in [6.07, 6.45) is 39.0. The standard InChI is InChI=1S/C26H52.8C2H6O/c1-2-4-6-8-10-12-14-16-18-20-22-24-26-25-23-21-19-17-15-13-11-9-7-5-3-1;8*1-2-3/h1-26H2;8*3H,2H2,1H3. The Morgan fingerprint density at radius 1 is 0.160 bits per heavy atom. The highest BCUT2D eigenvalue weighted by molar-refractivity contribution is 4.53. The lowest BCUT2D eigenvalue weighted by molar-refractivity contribution is 0.318. The van der Waals surface area contributed by atoms with Crippen molar-refractivity contribution >= 4 is 0 Å². The third-order valence-corrected chi connectivity index (χ3v) is 6.50. The monoisotopic (exact) mass is 733 g/mol. The van der Waals surface area contributed by atoms with E-state index >= 15 is 0 Å². The van der Waals surface area contributed by atoms with Crippen LogP contribution in [0.2, 0.25) is 0 Å². The van der Waals surface area contributed by atoms with Gasteiger partial charge in [0, 0.05) is 52.9 Å². The largest absolute Gasteiger partial charge is 0.397 e. The van der Waals surface area contributed by atoms with Crippen LogP contribution in [0.5, 0.6) is 0 Å². The first-order valence-electron chi connectivity index (χ1n) is 21.2. The molecule has 50 heavy (non-hydrogen) atoms. The van der Waals surface area contributed by atoms with Crippen molar-refractivity contribution < 1.29 is 40.9 Å². The zero-order valence-electron chi connectivity index (χ0n) is 35.6. The SMILES string of the molecule is C1CCCCCCCCCCCCCCCCCCCCCCCCC1.CCO.CCO.CCO.CCO.CCO.CCO.CCO.CCO. The van der Waals surface area contributed by atoms with Crippen LogP contribution in [0.15, 0.2) is 0 Å². The molecule has 1 saturated carbocycles. The first-order valence-corrected chi connectivity index (χ1v) is 21.2. The predicted octanol–water partition coefficient (Wildman–Crippen LogP) is 10.1. The minimum Gasteiger partial charge on any atom is -0.397 e. The Balaban J connectivity index is -0.0000000997. The van der Waals surface area contributed by atoms with Gasteiger partial charge in [0.2, 0.25) is 0 Å². The minimum absolute atomic E-state index is 0.250. The van der Waals surface area contributed by atoms with Crippen molar-refractivity contribution in [1.29, 1.82) is 0 Å². The van der Waals surface area contributed by atoms with E-state index in [1.807, 2.05) is 0 Å². The normalized spacial score (nSPS) is 15.4. The predicted molar refractivity (Wildman–Crippen MR) is 222 cm³/mol. The number of aliphatic hydroxyl groups is 8. The van der Waals surface area contributed by atoms with Crippen LogP contribution in [0, 0.1) is 0 Å². The molecule has 0 aliphatic heterocycles. The molecule has 8 heteroatoms. The fourth-order valence-corrected chi connectivity index (χ4v) is 4.60. The summed E-state index contributed by atoms with van der Waals surface area (Å²) in [7, 11) is 0. The summed E-state index contributed by atoms with van der Waals surface area (Å²) in [5.41, 5.74) is 0. The molecular weight excluding hydrogens is 632 g/mol. The quantitative estimate of drug-likeness (QED) is 0.122. The van der Waals surface area contributed by atoms with Gasteiger partial charge < -0.3 is 40.9 Å². The molecule has 0 aromatic carbocycles. The average molecular weight is 733 g/mol. The van der Waals surface area contributed by atoms with Crippen molar-refractivity contribution in [3.63, 3.8) is 0 Å². The van der Waals surface area contributed by atoms with Gasteiger partial charge in [-0.15, -0.1) is 0 Å². The van der Waals surface area contributed by atoms with E-state index in [0.717, 1.165) is 0 Å². The van der Waals surface area contributed by atoms with Gasteiger partial charge in [0.25, 0.3) is 0 Å². The maximum absolute atomic E-state index is 7.57. The van der Waals surface area contributed by atoms with E-state index in [1.54, 1.807) is 55.4 Å². The van der Waals surface area contributed by atoms with Gasteiger partial charge in [-0.25, -0.2) is 0 Å². The molecule has 0 unspecified atom stereocenters. The molecule has 0 saturated heterocycles. The van der Waals surface area contributed by atoms with Crippen molar-refractivity contribution in [2.24, 2.45) is 0 Å². The molecule has 0 bridgehead atoms. The van der Waals surface area contributed by atoms with Crippen LogP contribution in [-0.2, 0) is 0 Å². The Hall–Kier alpha value is -0.320. The van der Waals surface area contributed by atoms with E-state index in [1.165, 1.54) is 167 Å². The van der Waals surface area contributed by atoms with Gasteiger partial charge in [-0.05, 0) is 55.4 Å². The lowest BCUT2D eigenvalue weighted by Crippen LogP contribution is -1.85. The van der Waals surface area contributed by atoms with Crippen LogP contribution >= 0.6 is 0 Å². The highest BCUT2D eigenvalue weighted by Crippen LogP contribution is 2.17. The molecule has 8 N–H and O–H groups in total. The third-order valence-electron chi connectivity index (χ3n) is 6.50. The zero-order chi connectivity index (χ0) is 40.0. The van der Waals surface area contributed by atoms with Crippen LogP contribution in [0.4, 0.5) is 0 Å². The van der Waals surface area contributed by atoms with Crippen molar-refractivity contribution in [3.8, 4) is 0 Å². The molecule has 0 radical (unpaired) electrons. The third kappa shape index (κ3) is 158. The smallest absolute Gasteiger partial charge is 0.0402 e. The number of hydrogen-bond acceptors (Lipinski definition) is 8. The first-order chi connectivity index (χ1) is 24.3. The molecule has 1 fully saturated rings. The zero-order valence-corrected chi connectivity index (χ0v) is 35.6. The van der Waals surface area contributed by atoms with Gasteiger partial charge in [0.15, 0.2) is 0 Å². The number of rotatable bonds is 0. The van der Waals surface area contributed by atoms with E-state index in [4.69, 9.17) is 40.9 Å². The van der Waals surface area contributed by atoms with Crippen molar-refractivity contribution in [3.05, 3.63) is 0 Å². The van der Waals surface area contributed by atoms with E-state index in [9.17, 15) is 0 Å². The van der Waals surface area contributed by atoms with Crippen LogP contribution in [-0.4, -0.2) is 93.7 Å². The average Bonchev–Trinajstić information content (AvgIpc) is 3.06. The van der Waals surface area contributed by atoms with E-state index in [0.29, 0.717) is 0 Å². The fraction of sp³-hybridized carbons (Fsp3) is 1.00. The maximum atomic E-state index is 7.57. The highest BCUT2D eigenvalue weighted by atomic mass is 16.3. The lowest BCUT2D eigenvalue weighted by Gasteiger charge is -2.05. The van der Waals surface area contributed by atoms with Crippen LogP contribution in [0.3, 0.4) is 0 Å². The summed E-state index contributed by atoms with van der Waals surface area (Å²) < 4.78 is 0. The van der Waals surface area contributed by atoms with Gasteiger partial charge in [-0.3, -0.25) is 0 Å². The van der Waals surface area contributed by atoms with E-state index in [2.05, 4.69) is 0 Å². The molecule has 8 nitrogen and oxygen atoms in total. The van der Waals surface area contributed by atoms with Gasteiger partial charge >= 0.3 is 0 Å². The second kappa shape index (κ2) is 97.6. The molecule has 0 spiro atoms. The van der Waals surface area contributed by atoms with Gasteiger partial charge in [0.1, 0.15) is 0 Å². The lowest BCUT2D eigenvalue weighted by atomic mass is 10.0. The molecule has 316 valence electrons. The molecule has 1 aliphatic rings. The molecule has 1 rings (SSSR count). The molecule has 1 aliphatic carbocycles. The summed E-state index contributed by atoms with van der Waals surface area (Å²) in [6, 6.07) is 0. The molecule has 0 aromatic rings. The van der Waals surface area contributed by atoms with Crippen LogP contribution < -0.4 is 0 Å². The Bertz CT molecular complexity index is 231. The summed E-state index contributed by atoms with van der Waals surface area (Å²) in [4.78, 5) is 0. The molecular formula is C42H100O8. The van der Waals surface area contributed by atoms with E-state index < -0.39 is 0 Å². The number of hydrogen-bond donors (Lipinski definition) is 8. The Morgan fingerprint density at radius 3 is 0.200 bits per heavy atom. The van der Waals surface area contributed by atoms with Gasteiger partial charge in [-0.2, -0.15) is 0 Å². The molecule has 0 amide bonds. The van der Waals surface area contributed by atoms with Crippen LogP contribution in [0.25, 0.3) is 0 Å². The second-order valence-corrected chi connectivity index (χ2v) is 11.7. The van der Waals surface area contributed by atoms with Gasteiger partial charge in [-0.1, -0.05) is 167 Å². The van der Waals surface area contributed by atoms with Crippen molar-refractivity contribution in [2.75, 3.05) is 52.9 Å². The number of aliphatic hydroxyl groups excluding tert-OH is 8. The van der Waals surface area contributed by atoms with Crippen molar-refractivity contribution in [2.45, 2.75) is 222 Å². The first kappa shape index (κ1) is 67.8. The molecule has 0 heterocycles. The molecule has 0 atom stereocenters. The maximum Gasteiger partial charge on any atom is 0.0402 e. The Morgan fingerprint density at radius 2 is 0.180 bits per heavy atom. The summed E-state index contributed by atoms with van der Waals surface area (Å²) in [5, 5.41) is 60.6. The fourth-order valence-electron chi connectivity index (χ4n) is 4.60. The summed E-state index contributed by atoms with van der Waals surface area (Å²) in [5.74, 6) is 0. The van der Waals surface area contributed by atoms with Crippen molar-refractivity contribution in [1.82, 2.24) is 0 Å². The van der Waals surface area contributed by atoms with E-state index in [-0.39, 0.29) is 52.9 Å². The Labute approximate surface area is 315 Å². The second-order valence-electron chi connectivity index (χ2n) is 11.7.